The van der Waals surface area contributed by atoms with Gasteiger partial charge in [-0.1, -0.05) is 6.92 Å². The lowest BCUT2D eigenvalue weighted by molar-refractivity contribution is 0.274. The molecule has 0 radical (unpaired) electrons. The molecule has 0 aliphatic heterocycles. The maximum Gasteiger partial charge on any atom is 0.271 e. The maximum atomic E-state index is 11.9. The van der Waals surface area contributed by atoms with Gasteiger partial charge in [0, 0.05) is 18.7 Å². The van der Waals surface area contributed by atoms with E-state index in [2.05, 4.69) is 0 Å². The van der Waals surface area contributed by atoms with Gasteiger partial charge in [-0.3, -0.25) is 9.36 Å². The monoisotopic (exact) mass is 236 g/mol. The maximum absolute atomic E-state index is 11.9. The van der Waals surface area contributed by atoms with Crippen molar-refractivity contribution in [2.45, 2.75) is 33.2 Å². The Kier molecular flexibility index (Phi) is 4.30. The van der Waals surface area contributed by atoms with Crippen LogP contribution in [0.25, 0.3) is 0 Å². The molecule has 1 rings (SSSR count). The first-order chi connectivity index (χ1) is 8.08. The van der Waals surface area contributed by atoms with Crippen molar-refractivity contribution in [3.63, 3.8) is 0 Å². The number of hydrogen-bond acceptors (Lipinski definition) is 4. The number of pyridine rings is 1. The summed E-state index contributed by atoms with van der Waals surface area (Å²) in [4.78, 5) is 11.9. The molecule has 5 heteroatoms. The van der Waals surface area contributed by atoms with Crippen molar-refractivity contribution in [3.8, 4) is 11.9 Å². The summed E-state index contributed by atoms with van der Waals surface area (Å²) in [7, 11) is 0. The molecule has 1 heterocycles. The average Bonchev–Trinajstić information content (AvgIpc) is 2.30. The van der Waals surface area contributed by atoms with E-state index in [-0.39, 0.29) is 24.6 Å². The van der Waals surface area contributed by atoms with E-state index in [1.54, 1.807) is 6.92 Å². The van der Waals surface area contributed by atoms with E-state index in [1.807, 2.05) is 13.0 Å². The molecule has 0 aliphatic carbocycles. The van der Waals surface area contributed by atoms with Crippen molar-refractivity contribution in [2.24, 2.45) is 0 Å². The third-order valence-corrected chi connectivity index (χ3v) is 2.82. The van der Waals surface area contributed by atoms with Crippen LogP contribution in [0.5, 0.6) is 5.88 Å². The van der Waals surface area contributed by atoms with Gasteiger partial charge >= 0.3 is 0 Å². The Hall–Kier alpha value is -1.80. The zero-order valence-electron chi connectivity index (χ0n) is 10.0. The number of aliphatic hydroxyl groups excluding tert-OH is 1. The smallest absolute Gasteiger partial charge is 0.271 e. The zero-order valence-corrected chi connectivity index (χ0v) is 10.0. The Labute approximate surface area is 99.6 Å². The molecule has 5 nitrogen and oxygen atoms in total. The van der Waals surface area contributed by atoms with Gasteiger partial charge < -0.3 is 10.2 Å². The van der Waals surface area contributed by atoms with Gasteiger partial charge in [0.15, 0.2) is 5.88 Å². The van der Waals surface area contributed by atoms with Gasteiger partial charge in [-0.2, -0.15) is 5.26 Å². The Bertz CT molecular complexity index is 512. The minimum atomic E-state index is -0.492. The predicted molar refractivity (Wildman–Crippen MR) is 62.9 cm³/mol. The van der Waals surface area contributed by atoms with Crippen LogP contribution in [-0.2, 0) is 13.0 Å². The molecule has 2 N–H and O–H groups in total. The number of hydrogen-bond donors (Lipinski definition) is 2. The molecule has 92 valence electrons. The van der Waals surface area contributed by atoms with Crippen LogP contribution in [0.3, 0.4) is 0 Å². The van der Waals surface area contributed by atoms with Crippen molar-refractivity contribution < 1.29 is 10.2 Å². The van der Waals surface area contributed by atoms with Crippen LogP contribution in [0, 0.1) is 18.3 Å². The number of rotatable bonds is 4. The fourth-order valence-corrected chi connectivity index (χ4v) is 1.86. The van der Waals surface area contributed by atoms with Gasteiger partial charge in [0.05, 0.1) is 0 Å². The predicted octanol–water partition coefficient (Wildman–Crippen LogP) is 0.679. The van der Waals surface area contributed by atoms with Gasteiger partial charge in [-0.15, -0.1) is 0 Å². The molecule has 0 unspecified atom stereocenters. The molecule has 0 saturated heterocycles. The molecule has 0 saturated carbocycles. The third kappa shape index (κ3) is 2.32. The molecule has 0 aromatic carbocycles. The number of nitriles is 1. The number of aliphatic hydroxyl groups is 1. The number of nitrogens with zero attached hydrogens (tertiary/aromatic N) is 2. The summed E-state index contributed by atoms with van der Waals surface area (Å²) < 4.78 is 1.15. The van der Waals surface area contributed by atoms with Crippen LogP contribution in [0.1, 0.15) is 30.0 Å². The van der Waals surface area contributed by atoms with E-state index in [9.17, 15) is 9.90 Å². The molecule has 0 bridgehead atoms. The molecule has 0 aliphatic rings. The van der Waals surface area contributed by atoms with Gasteiger partial charge in [0.25, 0.3) is 5.56 Å². The topological polar surface area (TPSA) is 86.2 Å². The Morgan fingerprint density at radius 1 is 1.47 bits per heavy atom. The van der Waals surface area contributed by atoms with E-state index in [0.717, 1.165) is 4.57 Å². The van der Waals surface area contributed by atoms with Crippen LogP contribution in [0.2, 0.25) is 0 Å². The highest BCUT2D eigenvalue weighted by Gasteiger charge is 2.17. The molecule has 17 heavy (non-hydrogen) atoms. The van der Waals surface area contributed by atoms with E-state index in [1.165, 1.54) is 0 Å². The fourth-order valence-electron chi connectivity index (χ4n) is 1.86. The molecular formula is C12H16N2O3. The van der Waals surface area contributed by atoms with Crippen molar-refractivity contribution in [2.75, 3.05) is 6.61 Å². The molecular weight excluding hydrogens is 220 g/mol. The minimum absolute atomic E-state index is 0.0664. The average molecular weight is 236 g/mol. The molecule has 0 fully saturated rings. The summed E-state index contributed by atoms with van der Waals surface area (Å²) in [6.07, 6.45) is 0.913. The van der Waals surface area contributed by atoms with Gasteiger partial charge in [-0.25, -0.2) is 0 Å². The highest BCUT2D eigenvalue weighted by Crippen LogP contribution is 2.21. The second-order valence-corrected chi connectivity index (χ2v) is 3.80. The van der Waals surface area contributed by atoms with Gasteiger partial charge in [0.1, 0.15) is 11.6 Å². The van der Waals surface area contributed by atoms with Gasteiger partial charge in [0.2, 0.25) is 0 Å². The van der Waals surface area contributed by atoms with Crippen LogP contribution < -0.4 is 5.56 Å². The summed E-state index contributed by atoms with van der Waals surface area (Å²) in [5, 5.41) is 27.7. The lowest BCUT2D eigenvalue weighted by Gasteiger charge is -2.14. The minimum Gasteiger partial charge on any atom is -0.494 e. The second kappa shape index (κ2) is 5.51. The molecule has 1 aromatic rings. The van der Waals surface area contributed by atoms with Crippen molar-refractivity contribution in [3.05, 3.63) is 27.0 Å². The number of aromatic hydroxyl groups is 1. The first-order valence-corrected chi connectivity index (χ1v) is 5.54. The molecule has 0 amide bonds. The summed E-state index contributed by atoms with van der Waals surface area (Å²) in [5.41, 5.74) is 0.725. The van der Waals surface area contributed by atoms with Crippen LogP contribution in [0.15, 0.2) is 4.79 Å². The zero-order chi connectivity index (χ0) is 13.0. The van der Waals surface area contributed by atoms with E-state index in [4.69, 9.17) is 10.4 Å². The largest absolute Gasteiger partial charge is 0.494 e. The quantitative estimate of drug-likeness (QED) is 0.804. The normalized spacial score (nSPS) is 10.2. The summed E-state index contributed by atoms with van der Waals surface area (Å²) in [6.45, 7) is 3.66. The summed E-state index contributed by atoms with van der Waals surface area (Å²) >= 11 is 0. The second-order valence-electron chi connectivity index (χ2n) is 3.80. The van der Waals surface area contributed by atoms with Crippen LogP contribution in [0.4, 0.5) is 0 Å². The third-order valence-electron chi connectivity index (χ3n) is 2.82. The van der Waals surface area contributed by atoms with Crippen LogP contribution in [-0.4, -0.2) is 21.4 Å². The van der Waals surface area contributed by atoms with E-state index in [0.29, 0.717) is 24.0 Å². The van der Waals surface area contributed by atoms with Crippen molar-refractivity contribution in [1.29, 1.82) is 5.26 Å². The SMILES string of the molecule is CCc1c(C)c(C#N)c(=O)n(CCCO)c1O. The Balaban J connectivity index is 3.50. The lowest BCUT2D eigenvalue weighted by atomic mass is 10.0. The van der Waals surface area contributed by atoms with E-state index >= 15 is 0 Å². The standard InChI is InChI=1S/C12H16N2O3/c1-3-9-8(2)10(7-13)12(17)14(11(9)16)5-4-6-15/h15-16H,3-6H2,1-2H3. The van der Waals surface area contributed by atoms with Crippen LogP contribution >= 0.6 is 0 Å². The van der Waals surface area contributed by atoms with Gasteiger partial charge in [-0.05, 0) is 25.3 Å². The number of aromatic nitrogens is 1. The summed E-state index contributed by atoms with van der Waals surface area (Å²) in [6, 6.07) is 1.88. The first kappa shape index (κ1) is 13.3. The highest BCUT2D eigenvalue weighted by atomic mass is 16.3. The lowest BCUT2D eigenvalue weighted by Crippen LogP contribution is -2.25. The van der Waals surface area contributed by atoms with Crippen molar-refractivity contribution >= 4 is 0 Å². The Morgan fingerprint density at radius 2 is 2.12 bits per heavy atom. The molecule has 1 aromatic heterocycles. The molecule has 0 spiro atoms. The highest BCUT2D eigenvalue weighted by molar-refractivity contribution is 5.45. The van der Waals surface area contributed by atoms with Crippen molar-refractivity contribution in [1.82, 2.24) is 4.57 Å². The van der Waals surface area contributed by atoms with E-state index < -0.39 is 5.56 Å². The molecule has 0 atom stereocenters. The first-order valence-electron chi connectivity index (χ1n) is 5.54. The summed E-state index contributed by atoms with van der Waals surface area (Å²) in [5.74, 6) is -0.0950. The fraction of sp³-hybridized carbons (Fsp3) is 0.500. The Morgan fingerprint density at radius 3 is 2.59 bits per heavy atom.